The average Bonchev–Trinajstić information content (AvgIpc) is 2.36. The first-order valence-corrected chi connectivity index (χ1v) is 6.42. The number of halogens is 1. The lowest BCUT2D eigenvalue weighted by Gasteiger charge is -2.19. The summed E-state index contributed by atoms with van der Waals surface area (Å²) in [5, 5.41) is 8.77. The van der Waals surface area contributed by atoms with E-state index in [1.807, 2.05) is 13.8 Å². The predicted octanol–water partition coefficient (Wildman–Crippen LogP) is 0.265. The van der Waals surface area contributed by atoms with E-state index in [0.29, 0.717) is 5.82 Å². The third-order valence-corrected chi connectivity index (χ3v) is 2.72. The highest BCUT2D eigenvalue weighted by Crippen LogP contribution is 2.18. The highest BCUT2D eigenvalue weighted by molar-refractivity contribution is 6.33. The van der Waals surface area contributed by atoms with E-state index >= 15 is 0 Å². The number of carbonyl (C=O) groups excluding carboxylic acids is 2. The third-order valence-electron chi connectivity index (χ3n) is 2.44. The molecule has 114 valence electrons. The summed E-state index contributed by atoms with van der Waals surface area (Å²) < 4.78 is 0. The summed E-state index contributed by atoms with van der Waals surface area (Å²) in [5.41, 5.74) is 4.85. The molecule has 1 aromatic rings. The molecule has 0 aromatic carbocycles. The zero-order valence-corrected chi connectivity index (χ0v) is 12.3. The normalized spacial score (nSPS) is 10.5. The zero-order valence-electron chi connectivity index (χ0n) is 11.5. The van der Waals surface area contributed by atoms with Crippen LogP contribution in [-0.2, 0) is 9.59 Å². The first-order valence-electron chi connectivity index (χ1n) is 6.04. The molecule has 0 unspecified atom stereocenters. The lowest BCUT2D eigenvalue weighted by Crippen LogP contribution is -2.42. The lowest BCUT2D eigenvalue weighted by atomic mass is 10.2. The number of hydrogen-bond acceptors (Lipinski definition) is 5. The zero-order chi connectivity index (χ0) is 16.2. The summed E-state index contributed by atoms with van der Waals surface area (Å²) >= 11 is 5.88. The number of amides is 2. The van der Waals surface area contributed by atoms with Gasteiger partial charge in [0.2, 0.25) is 5.91 Å². The second kappa shape index (κ2) is 6.98. The number of nitrogens with two attached hydrogens (primary N) is 1. The Bertz CT molecular complexity index is 560. The van der Waals surface area contributed by atoms with Gasteiger partial charge in [-0.15, -0.1) is 0 Å². The van der Waals surface area contributed by atoms with Gasteiger partial charge in [-0.1, -0.05) is 25.4 Å². The second-order valence-corrected chi connectivity index (χ2v) is 5.01. The first-order chi connectivity index (χ1) is 9.72. The van der Waals surface area contributed by atoms with Crippen molar-refractivity contribution in [3.05, 3.63) is 22.7 Å². The van der Waals surface area contributed by atoms with Crippen LogP contribution in [-0.4, -0.2) is 50.8 Å². The Kier molecular flexibility index (Phi) is 5.60. The molecule has 0 fully saturated rings. The van der Waals surface area contributed by atoms with Gasteiger partial charge in [-0.05, 0) is 0 Å². The number of primary amides is 1. The van der Waals surface area contributed by atoms with Gasteiger partial charge >= 0.3 is 5.97 Å². The van der Waals surface area contributed by atoms with Crippen LogP contribution in [0.5, 0.6) is 0 Å². The van der Waals surface area contributed by atoms with Gasteiger partial charge in [0.1, 0.15) is 18.9 Å². The molecule has 0 spiro atoms. The Hall–Kier alpha value is -2.22. The Labute approximate surface area is 125 Å². The summed E-state index contributed by atoms with van der Waals surface area (Å²) in [4.78, 5) is 42.8. The molecule has 1 aromatic heterocycles. The number of nitrogens with zero attached hydrogens (tertiary/aromatic N) is 3. The molecule has 0 aliphatic rings. The van der Waals surface area contributed by atoms with Crippen LogP contribution >= 0.6 is 11.6 Å². The van der Waals surface area contributed by atoms with Gasteiger partial charge < -0.3 is 15.7 Å². The van der Waals surface area contributed by atoms with E-state index in [1.54, 1.807) is 0 Å². The number of hydrogen-bond donors (Lipinski definition) is 2. The predicted molar refractivity (Wildman–Crippen MR) is 73.9 cm³/mol. The van der Waals surface area contributed by atoms with E-state index in [4.69, 9.17) is 22.4 Å². The largest absolute Gasteiger partial charge is 0.480 e. The lowest BCUT2D eigenvalue weighted by molar-refractivity contribution is -0.138. The maximum absolute atomic E-state index is 12.3. The maximum atomic E-state index is 12.3. The smallest absolute Gasteiger partial charge is 0.323 e. The van der Waals surface area contributed by atoms with E-state index < -0.39 is 30.9 Å². The van der Waals surface area contributed by atoms with E-state index in [-0.39, 0.29) is 16.6 Å². The van der Waals surface area contributed by atoms with E-state index in [9.17, 15) is 14.4 Å². The molecule has 0 aliphatic heterocycles. The minimum absolute atomic E-state index is 0.0238. The van der Waals surface area contributed by atoms with Gasteiger partial charge in [0.25, 0.3) is 5.91 Å². The van der Waals surface area contributed by atoms with Crippen molar-refractivity contribution in [1.29, 1.82) is 0 Å². The van der Waals surface area contributed by atoms with Crippen molar-refractivity contribution in [2.24, 2.45) is 5.73 Å². The summed E-state index contributed by atoms with van der Waals surface area (Å²) in [5.74, 6) is -2.56. The first kappa shape index (κ1) is 16.8. The molecular weight excluding hydrogens is 300 g/mol. The molecule has 2 amide bonds. The Morgan fingerprint density at radius 2 is 2.00 bits per heavy atom. The fourth-order valence-corrected chi connectivity index (χ4v) is 1.68. The van der Waals surface area contributed by atoms with Gasteiger partial charge in [-0.2, -0.15) is 0 Å². The molecule has 1 rings (SSSR count). The second-order valence-electron chi connectivity index (χ2n) is 4.60. The third kappa shape index (κ3) is 4.67. The Balaban J connectivity index is 3.15. The van der Waals surface area contributed by atoms with Crippen molar-refractivity contribution in [2.45, 2.75) is 19.8 Å². The molecule has 3 N–H and O–H groups in total. The summed E-state index contributed by atoms with van der Waals surface area (Å²) in [7, 11) is 0. The number of aromatic nitrogens is 2. The molecule has 0 bridgehead atoms. The van der Waals surface area contributed by atoms with Crippen LogP contribution < -0.4 is 5.73 Å². The summed E-state index contributed by atoms with van der Waals surface area (Å²) in [6.07, 6.45) is 1.26. The summed E-state index contributed by atoms with van der Waals surface area (Å²) in [6.45, 7) is 2.44. The van der Waals surface area contributed by atoms with Crippen molar-refractivity contribution in [1.82, 2.24) is 14.9 Å². The molecule has 8 nitrogen and oxygen atoms in total. The van der Waals surface area contributed by atoms with Gasteiger partial charge in [0.05, 0.1) is 11.2 Å². The Morgan fingerprint density at radius 1 is 1.38 bits per heavy atom. The number of carboxylic acids is 1. The van der Waals surface area contributed by atoms with E-state index in [1.165, 1.54) is 6.20 Å². The van der Waals surface area contributed by atoms with E-state index in [0.717, 1.165) is 4.90 Å². The Morgan fingerprint density at radius 3 is 2.48 bits per heavy atom. The van der Waals surface area contributed by atoms with Crippen LogP contribution in [0, 0.1) is 0 Å². The monoisotopic (exact) mass is 314 g/mol. The molecule has 0 saturated heterocycles. The highest BCUT2D eigenvalue weighted by Gasteiger charge is 2.24. The van der Waals surface area contributed by atoms with Gasteiger partial charge in [-0.3, -0.25) is 14.4 Å². The molecule has 0 saturated carbocycles. The van der Waals surface area contributed by atoms with Crippen LogP contribution in [0.4, 0.5) is 0 Å². The number of rotatable bonds is 6. The summed E-state index contributed by atoms with van der Waals surface area (Å²) in [6, 6.07) is 0. The highest BCUT2D eigenvalue weighted by atomic mass is 35.5. The molecule has 0 radical (unpaired) electrons. The molecule has 0 aliphatic carbocycles. The van der Waals surface area contributed by atoms with Gasteiger partial charge in [-0.25, -0.2) is 9.97 Å². The quantitative estimate of drug-likeness (QED) is 0.775. The number of aliphatic carboxylic acids is 1. The SMILES string of the molecule is CC(C)c1ncc(Cl)c(C(=O)N(CC(N)=O)CC(=O)O)n1. The minimum atomic E-state index is -1.28. The van der Waals surface area contributed by atoms with Crippen LogP contribution in [0.15, 0.2) is 6.20 Å². The fourth-order valence-electron chi connectivity index (χ4n) is 1.51. The molecular formula is C12H15ClN4O4. The molecule has 21 heavy (non-hydrogen) atoms. The van der Waals surface area contributed by atoms with Crippen LogP contribution in [0.3, 0.4) is 0 Å². The molecule has 9 heteroatoms. The van der Waals surface area contributed by atoms with Crippen molar-refractivity contribution in [2.75, 3.05) is 13.1 Å². The van der Waals surface area contributed by atoms with Crippen LogP contribution in [0.2, 0.25) is 5.02 Å². The average molecular weight is 315 g/mol. The number of carbonyl (C=O) groups is 3. The maximum Gasteiger partial charge on any atom is 0.323 e. The number of carboxylic acid groups (broad SMARTS) is 1. The fraction of sp³-hybridized carbons (Fsp3) is 0.417. The van der Waals surface area contributed by atoms with E-state index in [2.05, 4.69) is 9.97 Å². The van der Waals surface area contributed by atoms with Gasteiger partial charge in [0, 0.05) is 5.92 Å². The standard InChI is InChI=1S/C12H15ClN4O4/c1-6(2)11-15-3-7(13)10(16-11)12(21)17(4-8(14)18)5-9(19)20/h3,6H,4-5H2,1-2H3,(H2,14,18)(H,19,20). The van der Waals surface area contributed by atoms with Crippen molar-refractivity contribution in [3.8, 4) is 0 Å². The minimum Gasteiger partial charge on any atom is -0.480 e. The molecule has 0 atom stereocenters. The van der Waals surface area contributed by atoms with Gasteiger partial charge in [0.15, 0.2) is 5.69 Å². The van der Waals surface area contributed by atoms with Crippen molar-refractivity contribution >= 4 is 29.4 Å². The molecule has 1 heterocycles. The van der Waals surface area contributed by atoms with Crippen molar-refractivity contribution in [3.63, 3.8) is 0 Å². The van der Waals surface area contributed by atoms with Crippen LogP contribution in [0.25, 0.3) is 0 Å². The van der Waals surface area contributed by atoms with Crippen LogP contribution in [0.1, 0.15) is 36.1 Å². The van der Waals surface area contributed by atoms with Crippen molar-refractivity contribution < 1.29 is 19.5 Å². The topological polar surface area (TPSA) is 126 Å².